The summed E-state index contributed by atoms with van der Waals surface area (Å²) in [4.78, 5) is 19.0. The molecule has 0 atom stereocenters. The van der Waals surface area contributed by atoms with Crippen LogP contribution in [0.5, 0.6) is 0 Å². The highest BCUT2D eigenvalue weighted by atomic mass is 32.1. The third-order valence-corrected chi connectivity index (χ3v) is 1.88. The van der Waals surface area contributed by atoms with Crippen molar-refractivity contribution in [3.05, 3.63) is 28.7 Å². The number of hydrogen-bond donors (Lipinski definition) is 1. The van der Waals surface area contributed by atoms with E-state index in [0.29, 0.717) is 5.69 Å². The molecule has 0 aliphatic carbocycles. The molecule has 12 heavy (non-hydrogen) atoms. The molecular weight excluding hydrogens is 176 g/mol. The average molecular weight is 180 g/mol. The predicted molar refractivity (Wildman–Crippen MR) is 41.9 cm³/mol. The van der Waals surface area contributed by atoms with Gasteiger partial charge in [-0.25, -0.2) is 9.97 Å². The van der Waals surface area contributed by atoms with Crippen molar-refractivity contribution in [1.82, 2.24) is 20.2 Å². The average Bonchev–Trinajstić information content (AvgIpc) is 2.77. The first-order valence-electron chi connectivity index (χ1n) is 3.16. The maximum absolute atomic E-state index is 11.4. The topological polar surface area (TPSA) is 71.5 Å². The van der Waals surface area contributed by atoms with E-state index in [9.17, 15) is 4.79 Å². The number of hydrogen-bond acceptors (Lipinski definition) is 5. The lowest BCUT2D eigenvalue weighted by molar-refractivity contribution is 0.102. The zero-order valence-corrected chi connectivity index (χ0v) is 6.71. The van der Waals surface area contributed by atoms with Gasteiger partial charge in [-0.05, 0) is 0 Å². The molecule has 1 N–H and O–H groups in total. The van der Waals surface area contributed by atoms with Gasteiger partial charge in [-0.2, -0.15) is 5.10 Å². The summed E-state index contributed by atoms with van der Waals surface area (Å²) in [5.41, 5.74) is 2.00. The van der Waals surface area contributed by atoms with Gasteiger partial charge in [0.05, 0.1) is 5.51 Å². The zero-order valence-electron chi connectivity index (χ0n) is 5.89. The molecule has 0 aliphatic heterocycles. The molecule has 0 fully saturated rings. The number of aromatic nitrogens is 4. The predicted octanol–water partition coefficient (Wildman–Crippen LogP) is 0.492. The first-order valence-corrected chi connectivity index (χ1v) is 4.10. The SMILES string of the molecule is O=C(c1cscn1)c1ncn[nH]1. The molecule has 2 rings (SSSR count). The van der Waals surface area contributed by atoms with Crippen molar-refractivity contribution in [3.63, 3.8) is 0 Å². The molecule has 0 bridgehead atoms. The molecule has 0 amide bonds. The van der Waals surface area contributed by atoms with E-state index in [4.69, 9.17) is 0 Å². The molecule has 0 aliphatic rings. The molecule has 0 spiro atoms. The van der Waals surface area contributed by atoms with Crippen LogP contribution in [-0.4, -0.2) is 25.9 Å². The van der Waals surface area contributed by atoms with Crippen LogP contribution in [0.2, 0.25) is 0 Å². The minimum atomic E-state index is -0.228. The second-order valence-electron chi connectivity index (χ2n) is 2.04. The maximum Gasteiger partial charge on any atom is 0.248 e. The van der Waals surface area contributed by atoms with E-state index in [1.165, 1.54) is 17.7 Å². The smallest absolute Gasteiger partial charge is 0.248 e. The molecule has 0 radical (unpaired) electrons. The van der Waals surface area contributed by atoms with Crippen LogP contribution < -0.4 is 0 Å². The standard InChI is InChI=1S/C6H4N4OS/c11-5(4-1-12-3-8-4)6-7-2-9-10-6/h1-3H,(H,7,9,10). The first kappa shape index (κ1) is 7.11. The number of thiazole rings is 1. The van der Waals surface area contributed by atoms with E-state index in [-0.39, 0.29) is 11.6 Å². The van der Waals surface area contributed by atoms with E-state index in [1.54, 1.807) is 10.9 Å². The molecule has 2 aromatic heterocycles. The molecule has 2 heterocycles. The summed E-state index contributed by atoms with van der Waals surface area (Å²) in [6.07, 6.45) is 1.29. The largest absolute Gasteiger partial charge is 0.283 e. The van der Waals surface area contributed by atoms with Crippen LogP contribution in [0, 0.1) is 0 Å². The summed E-state index contributed by atoms with van der Waals surface area (Å²) in [6, 6.07) is 0. The Morgan fingerprint density at radius 3 is 3.00 bits per heavy atom. The molecule has 0 aromatic carbocycles. The minimum absolute atomic E-state index is 0.223. The summed E-state index contributed by atoms with van der Waals surface area (Å²) in [7, 11) is 0. The normalized spacial score (nSPS) is 10.0. The van der Waals surface area contributed by atoms with E-state index >= 15 is 0 Å². The first-order chi connectivity index (χ1) is 5.88. The lowest BCUT2D eigenvalue weighted by atomic mass is 10.3. The molecule has 60 valence electrons. The fourth-order valence-corrected chi connectivity index (χ4v) is 1.29. The summed E-state index contributed by atoms with van der Waals surface area (Å²) in [5, 5.41) is 7.72. The number of H-pyrrole nitrogens is 1. The van der Waals surface area contributed by atoms with Gasteiger partial charge in [0.2, 0.25) is 5.78 Å². The van der Waals surface area contributed by atoms with Crippen LogP contribution >= 0.6 is 11.3 Å². The zero-order chi connectivity index (χ0) is 8.39. The third-order valence-electron chi connectivity index (χ3n) is 1.30. The monoisotopic (exact) mass is 180 g/mol. The van der Waals surface area contributed by atoms with Gasteiger partial charge in [0.25, 0.3) is 0 Å². The number of carbonyl (C=O) groups excluding carboxylic acids is 1. The Balaban J connectivity index is 2.34. The number of nitrogens with one attached hydrogen (secondary N) is 1. The summed E-state index contributed by atoms with van der Waals surface area (Å²) in [6.45, 7) is 0. The second-order valence-corrected chi connectivity index (χ2v) is 2.76. The number of carbonyl (C=O) groups is 1. The Hall–Kier alpha value is -1.56. The van der Waals surface area contributed by atoms with Crippen LogP contribution in [0.4, 0.5) is 0 Å². The van der Waals surface area contributed by atoms with Gasteiger partial charge in [0.1, 0.15) is 12.0 Å². The Kier molecular flexibility index (Phi) is 1.67. The van der Waals surface area contributed by atoms with Gasteiger partial charge < -0.3 is 0 Å². The second kappa shape index (κ2) is 2.82. The highest BCUT2D eigenvalue weighted by Gasteiger charge is 2.12. The third kappa shape index (κ3) is 1.12. The fraction of sp³-hybridized carbons (Fsp3) is 0. The van der Waals surface area contributed by atoms with Crippen LogP contribution in [0.1, 0.15) is 16.3 Å². The van der Waals surface area contributed by atoms with Crippen molar-refractivity contribution < 1.29 is 4.79 Å². The van der Waals surface area contributed by atoms with Crippen molar-refractivity contribution in [2.24, 2.45) is 0 Å². The molecule has 6 heteroatoms. The Morgan fingerprint density at radius 2 is 2.42 bits per heavy atom. The van der Waals surface area contributed by atoms with Crippen molar-refractivity contribution >= 4 is 17.1 Å². The Morgan fingerprint density at radius 1 is 1.50 bits per heavy atom. The highest BCUT2D eigenvalue weighted by molar-refractivity contribution is 7.07. The van der Waals surface area contributed by atoms with Crippen LogP contribution in [-0.2, 0) is 0 Å². The van der Waals surface area contributed by atoms with Gasteiger partial charge >= 0.3 is 0 Å². The number of nitrogens with zero attached hydrogens (tertiary/aromatic N) is 3. The van der Waals surface area contributed by atoms with Gasteiger partial charge in [-0.15, -0.1) is 11.3 Å². The summed E-state index contributed by atoms with van der Waals surface area (Å²) < 4.78 is 0. The van der Waals surface area contributed by atoms with Crippen LogP contribution in [0.3, 0.4) is 0 Å². The fourth-order valence-electron chi connectivity index (χ4n) is 0.761. The molecule has 2 aromatic rings. The molecule has 0 saturated carbocycles. The van der Waals surface area contributed by atoms with E-state index in [2.05, 4.69) is 20.2 Å². The maximum atomic E-state index is 11.4. The molecule has 0 unspecified atom stereocenters. The van der Waals surface area contributed by atoms with Crippen molar-refractivity contribution in [2.45, 2.75) is 0 Å². The van der Waals surface area contributed by atoms with E-state index in [0.717, 1.165) is 0 Å². The van der Waals surface area contributed by atoms with Gasteiger partial charge in [0, 0.05) is 5.38 Å². The molecule has 5 nitrogen and oxygen atoms in total. The highest BCUT2D eigenvalue weighted by Crippen LogP contribution is 2.04. The van der Waals surface area contributed by atoms with E-state index in [1.807, 2.05) is 0 Å². The summed E-state index contributed by atoms with van der Waals surface area (Å²) >= 11 is 1.37. The van der Waals surface area contributed by atoms with Crippen molar-refractivity contribution in [1.29, 1.82) is 0 Å². The van der Waals surface area contributed by atoms with Crippen molar-refractivity contribution in [2.75, 3.05) is 0 Å². The van der Waals surface area contributed by atoms with Crippen LogP contribution in [0.25, 0.3) is 0 Å². The van der Waals surface area contributed by atoms with Gasteiger partial charge in [-0.3, -0.25) is 9.89 Å². The number of rotatable bonds is 2. The Labute approximate surface area is 71.5 Å². The Bertz CT molecular complexity index is 330. The quantitative estimate of drug-likeness (QED) is 0.683. The van der Waals surface area contributed by atoms with Crippen molar-refractivity contribution in [3.8, 4) is 0 Å². The lowest BCUT2D eigenvalue weighted by Crippen LogP contribution is -2.03. The number of aromatic amines is 1. The van der Waals surface area contributed by atoms with Crippen LogP contribution in [0.15, 0.2) is 17.2 Å². The molecule has 0 saturated heterocycles. The lowest BCUT2D eigenvalue weighted by Gasteiger charge is -1.87. The minimum Gasteiger partial charge on any atom is -0.283 e. The number of ketones is 1. The van der Waals surface area contributed by atoms with Gasteiger partial charge in [-0.1, -0.05) is 0 Å². The van der Waals surface area contributed by atoms with E-state index < -0.39 is 0 Å². The van der Waals surface area contributed by atoms with Gasteiger partial charge in [0.15, 0.2) is 5.82 Å². The summed E-state index contributed by atoms with van der Waals surface area (Å²) in [5.74, 6) is -0.00495. The molecular formula is C6H4N4OS.